The summed E-state index contributed by atoms with van der Waals surface area (Å²) in [6, 6.07) is 9.16. The second-order valence-corrected chi connectivity index (χ2v) is 7.17. The average molecular weight is 397 g/mol. The summed E-state index contributed by atoms with van der Waals surface area (Å²) in [6.45, 7) is 5.15. The average Bonchev–Trinajstić information content (AvgIpc) is 3.34. The van der Waals surface area contributed by atoms with Gasteiger partial charge < -0.3 is 18.8 Å². The summed E-state index contributed by atoms with van der Waals surface area (Å²) in [5, 5.41) is 0. The highest BCUT2D eigenvalue weighted by atomic mass is 16.5. The van der Waals surface area contributed by atoms with Crippen molar-refractivity contribution >= 4 is 17.8 Å². The number of nitrogens with zero attached hydrogens (tertiary/aromatic N) is 1. The zero-order valence-electron chi connectivity index (χ0n) is 17.1. The van der Waals surface area contributed by atoms with Crippen LogP contribution in [-0.4, -0.2) is 42.7 Å². The van der Waals surface area contributed by atoms with E-state index in [9.17, 15) is 9.59 Å². The summed E-state index contributed by atoms with van der Waals surface area (Å²) in [6.07, 6.45) is 5.25. The molecule has 0 radical (unpaired) electrons. The summed E-state index contributed by atoms with van der Waals surface area (Å²) in [5.74, 6) is -0.0665. The maximum atomic E-state index is 12.6. The highest BCUT2D eigenvalue weighted by molar-refractivity contribution is 6.00. The van der Waals surface area contributed by atoms with Crippen LogP contribution in [0.2, 0.25) is 0 Å². The van der Waals surface area contributed by atoms with Crippen molar-refractivity contribution in [3.05, 3.63) is 58.9 Å². The lowest BCUT2D eigenvalue weighted by molar-refractivity contribution is -0.136. The third-order valence-electron chi connectivity index (χ3n) is 5.14. The molecule has 3 rings (SSSR count). The predicted octanol–water partition coefficient (Wildman–Crippen LogP) is 3.73. The van der Waals surface area contributed by atoms with Crippen LogP contribution in [0.1, 0.15) is 40.2 Å². The minimum Gasteiger partial charge on any atom is -0.497 e. The predicted molar refractivity (Wildman–Crippen MR) is 110 cm³/mol. The fraction of sp³-hybridized carbons (Fsp3) is 0.391. The van der Waals surface area contributed by atoms with Crippen LogP contribution in [-0.2, 0) is 20.8 Å². The molecule has 0 aliphatic carbocycles. The fourth-order valence-electron chi connectivity index (χ4n) is 3.53. The normalized spacial score (nSPS) is 16.3. The number of carbonyl (C=O) groups is 2. The van der Waals surface area contributed by atoms with Crippen molar-refractivity contribution in [1.82, 2.24) is 4.57 Å². The number of benzene rings is 1. The summed E-state index contributed by atoms with van der Waals surface area (Å²) in [7, 11) is 1.58. The van der Waals surface area contributed by atoms with E-state index in [0.717, 1.165) is 42.9 Å². The molecule has 1 aliphatic heterocycles. The Bertz CT molecular complexity index is 906. The van der Waals surface area contributed by atoms with Gasteiger partial charge in [-0.3, -0.25) is 4.79 Å². The zero-order chi connectivity index (χ0) is 20.8. The number of aryl methyl sites for hydroxylation is 1. The van der Waals surface area contributed by atoms with E-state index in [0.29, 0.717) is 11.3 Å². The number of carbonyl (C=O) groups excluding carboxylic acids is 2. The number of hydrogen-bond acceptors (Lipinski definition) is 5. The van der Waals surface area contributed by atoms with Gasteiger partial charge in [-0.15, -0.1) is 0 Å². The van der Waals surface area contributed by atoms with E-state index >= 15 is 0 Å². The molecule has 0 amide bonds. The van der Waals surface area contributed by atoms with Gasteiger partial charge in [0.25, 0.3) is 0 Å². The maximum Gasteiger partial charge on any atom is 0.331 e. The van der Waals surface area contributed by atoms with Gasteiger partial charge in [0.1, 0.15) is 5.75 Å². The van der Waals surface area contributed by atoms with Crippen LogP contribution >= 0.6 is 0 Å². The molecule has 154 valence electrons. The molecule has 0 saturated carbocycles. The van der Waals surface area contributed by atoms with Gasteiger partial charge in [0.2, 0.25) is 5.78 Å². The fourth-order valence-corrected chi connectivity index (χ4v) is 3.53. The highest BCUT2D eigenvalue weighted by Crippen LogP contribution is 2.21. The number of aromatic nitrogens is 1. The monoisotopic (exact) mass is 397 g/mol. The third kappa shape index (κ3) is 5.35. The first-order valence-electron chi connectivity index (χ1n) is 9.78. The largest absolute Gasteiger partial charge is 0.497 e. The van der Waals surface area contributed by atoms with Crippen molar-refractivity contribution in [3.63, 3.8) is 0 Å². The smallest absolute Gasteiger partial charge is 0.331 e. The first-order chi connectivity index (χ1) is 14.0. The molecule has 29 heavy (non-hydrogen) atoms. The standard InChI is InChI=1S/C23H27NO5/c1-16-12-21(17(2)24(16)14-20-8-5-11-28-20)22(25)15-29-23(26)10-9-18-6-4-7-19(13-18)27-3/h4,6-7,9-10,12-13,20H,5,8,11,14-15H2,1-3H3/b10-9+/t20-/m1/s1. The Hall–Kier alpha value is -2.86. The summed E-state index contributed by atoms with van der Waals surface area (Å²) < 4.78 is 18.1. The Labute approximate surface area is 171 Å². The summed E-state index contributed by atoms with van der Waals surface area (Å²) >= 11 is 0. The van der Waals surface area contributed by atoms with E-state index < -0.39 is 5.97 Å². The lowest BCUT2D eigenvalue weighted by atomic mass is 10.1. The molecule has 0 unspecified atom stereocenters. The minimum absolute atomic E-state index is 0.197. The Morgan fingerprint density at radius 1 is 1.28 bits per heavy atom. The SMILES string of the molecule is COc1cccc(/C=C/C(=O)OCC(=O)c2cc(C)n(C[C@H]3CCCO3)c2C)c1. The van der Waals surface area contributed by atoms with E-state index in [1.54, 1.807) is 19.3 Å². The van der Waals surface area contributed by atoms with Gasteiger partial charge >= 0.3 is 5.97 Å². The molecule has 1 atom stereocenters. The number of methoxy groups -OCH3 is 1. The second-order valence-electron chi connectivity index (χ2n) is 7.17. The van der Waals surface area contributed by atoms with Crippen LogP contribution in [0.4, 0.5) is 0 Å². The van der Waals surface area contributed by atoms with Gasteiger partial charge in [-0.25, -0.2) is 4.79 Å². The van der Waals surface area contributed by atoms with Crippen molar-refractivity contribution in [2.45, 2.75) is 39.3 Å². The molecule has 1 aliphatic rings. The first-order valence-corrected chi connectivity index (χ1v) is 9.78. The molecule has 0 bridgehead atoms. The van der Waals surface area contributed by atoms with Crippen molar-refractivity contribution in [2.75, 3.05) is 20.3 Å². The molecule has 6 nitrogen and oxygen atoms in total. The van der Waals surface area contributed by atoms with Crippen LogP contribution in [0, 0.1) is 13.8 Å². The van der Waals surface area contributed by atoms with Crippen LogP contribution in [0.25, 0.3) is 6.08 Å². The molecule has 0 spiro atoms. The topological polar surface area (TPSA) is 66.8 Å². The molecule has 1 fully saturated rings. The van der Waals surface area contributed by atoms with Crippen LogP contribution in [0.15, 0.2) is 36.4 Å². The number of hydrogen-bond donors (Lipinski definition) is 0. The number of esters is 1. The number of ether oxygens (including phenoxy) is 3. The number of ketones is 1. The molecular weight excluding hydrogens is 370 g/mol. The van der Waals surface area contributed by atoms with Crippen molar-refractivity contribution in [2.24, 2.45) is 0 Å². The van der Waals surface area contributed by atoms with Gasteiger partial charge in [0.05, 0.1) is 13.2 Å². The van der Waals surface area contributed by atoms with Crippen molar-refractivity contribution < 1.29 is 23.8 Å². The number of Topliss-reactive ketones (excluding diaryl/α,β-unsaturated/α-hetero) is 1. The maximum absolute atomic E-state index is 12.6. The minimum atomic E-state index is -0.561. The first kappa shape index (κ1) is 20.9. The Morgan fingerprint density at radius 3 is 2.83 bits per heavy atom. The zero-order valence-corrected chi connectivity index (χ0v) is 17.1. The Morgan fingerprint density at radius 2 is 2.10 bits per heavy atom. The third-order valence-corrected chi connectivity index (χ3v) is 5.14. The van der Waals surface area contributed by atoms with E-state index in [4.69, 9.17) is 14.2 Å². The molecular formula is C23H27NO5. The Kier molecular flexibility index (Phi) is 6.88. The quantitative estimate of drug-likeness (QED) is 0.386. The summed E-state index contributed by atoms with van der Waals surface area (Å²) in [5.41, 5.74) is 3.28. The van der Waals surface area contributed by atoms with Crippen molar-refractivity contribution in [1.29, 1.82) is 0 Å². The highest BCUT2D eigenvalue weighted by Gasteiger charge is 2.21. The van der Waals surface area contributed by atoms with Gasteiger partial charge in [0.15, 0.2) is 6.61 Å². The molecule has 6 heteroatoms. The molecule has 1 saturated heterocycles. The van der Waals surface area contributed by atoms with E-state index in [-0.39, 0.29) is 18.5 Å². The molecule has 2 heterocycles. The molecule has 1 aromatic heterocycles. The van der Waals surface area contributed by atoms with E-state index in [2.05, 4.69) is 4.57 Å². The van der Waals surface area contributed by atoms with Crippen molar-refractivity contribution in [3.8, 4) is 5.75 Å². The van der Waals surface area contributed by atoms with Crippen LogP contribution in [0.5, 0.6) is 5.75 Å². The number of rotatable bonds is 8. The van der Waals surface area contributed by atoms with Gasteiger partial charge in [-0.1, -0.05) is 12.1 Å². The lowest BCUT2D eigenvalue weighted by Gasteiger charge is -2.14. The van der Waals surface area contributed by atoms with Crippen LogP contribution in [0.3, 0.4) is 0 Å². The second kappa shape index (κ2) is 9.56. The van der Waals surface area contributed by atoms with Gasteiger partial charge in [-0.2, -0.15) is 0 Å². The summed E-state index contributed by atoms with van der Waals surface area (Å²) in [4.78, 5) is 24.5. The van der Waals surface area contributed by atoms with E-state index in [1.807, 2.05) is 38.1 Å². The van der Waals surface area contributed by atoms with E-state index in [1.165, 1.54) is 6.08 Å². The molecule has 0 N–H and O–H groups in total. The van der Waals surface area contributed by atoms with Crippen LogP contribution < -0.4 is 4.74 Å². The lowest BCUT2D eigenvalue weighted by Crippen LogP contribution is -2.18. The Balaban J connectivity index is 1.57. The van der Waals surface area contributed by atoms with Gasteiger partial charge in [0, 0.05) is 36.2 Å². The van der Waals surface area contributed by atoms with Gasteiger partial charge in [-0.05, 0) is 56.5 Å². The molecule has 1 aromatic carbocycles. The molecule has 2 aromatic rings.